The lowest BCUT2D eigenvalue weighted by molar-refractivity contribution is 0.249. The van der Waals surface area contributed by atoms with Crippen molar-refractivity contribution in [3.8, 4) is 0 Å². The molecule has 0 bridgehead atoms. The van der Waals surface area contributed by atoms with Crippen LogP contribution in [0.4, 0.5) is 0 Å². The van der Waals surface area contributed by atoms with Crippen LogP contribution in [0.3, 0.4) is 0 Å². The minimum atomic E-state index is -3.41. The second kappa shape index (κ2) is 7.54. The van der Waals surface area contributed by atoms with E-state index in [1.165, 1.54) is 4.31 Å². The SMILES string of the molecule is CCC1CN(C)CCCN1S(=O)(=O)N(C)CCCO. The lowest BCUT2D eigenvalue weighted by Gasteiger charge is -2.32. The van der Waals surface area contributed by atoms with Gasteiger partial charge in [0.1, 0.15) is 0 Å². The molecule has 1 aliphatic rings. The summed E-state index contributed by atoms with van der Waals surface area (Å²) in [6, 6.07) is 0.0362. The van der Waals surface area contributed by atoms with Crippen LogP contribution in [0, 0.1) is 0 Å². The molecular formula is C12H27N3O3S. The Kier molecular flexibility index (Phi) is 6.68. The van der Waals surface area contributed by atoms with Gasteiger partial charge in [-0.2, -0.15) is 17.0 Å². The summed E-state index contributed by atoms with van der Waals surface area (Å²) >= 11 is 0. The van der Waals surface area contributed by atoms with E-state index in [2.05, 4.69) is 4.90 Å². The lowest BCUT2D eigenvalue weighted by atomic mass is 10.2. The summed E-state index contributed by atoms with van der Waals surface area (Å²) in [5.41, 5.74) is 0. The van der Waals surface area contributed by atoms with E-state index in [9.17, 15) is 8.42 Å². The first-order chi connectivity index (χ1) is 8.93. The molecule has 0 aliphatic carbocycles. The van der Waals surface area contributed by atoms with Gasteiger partial charge in [0, 0.05) is 39.3 Å². The molecule has 0 amide bonds. The number of aliphatic hydroxyl groups is 1. The minimum absolute atomic E-state index is 0.0137. The normalized spacial score (nSPS) is 23.7. The van der Waals surface area contributed by atoms with Crippen LogP contribution in [0.25, 0.3) is 0 Å². The third-order valence-electron chi connectivity index (χ3n) is 3.64. The topological polar surface area (TPSA) is 64.1 Å². The highest BCUT2D eigenvalue weighted by atomic mass is 32.2. The first kappa shape index (κ1) is 16.8. The van der Waals surface area contributed by atoms with Gasteiger partial charge in [0.2, 0.25) is 0 Å². The largest absolute Gasteiger partial charge is 0.396 e. The van der Waals surface area contributed by atoms with E-state index in [4.69, 9.17) is 5.11 Å². The van der Waals surface area contributed by atoms with Gasteiger partial charge in [0.25, 0.3) is 10.2 Å². The van der Waals surface area contributed by atoms with E-state index in [1.54, 1.807) is 11.4 Å². The van der Waals surface area contributed by atoms with Crippen molar-refractivity contribution in [3.63, 3.8) is 0 Å². The Hall–Kier alpha value is -0.210. The van der Waals surface area contributed by atoms with Gasteiger partial charge in [-0.3, -0.25) is 0 Å². The highest BCUT2D eigenvalue weighted by Crippen LogP contribution is 2.18. The van der Waals surface area contributed by atoms with Crippen molar-refractivity contribution in [1.29, 1.82) is 0 Å². The van der Waals surface area contributed by atoms with Crippen LogP contribution in [-0.4, -0.2) is 80.0 Å². The van der Waals surface area contributed by atoms with Crippen LogP contribution in [0.2, 0.25) is 0 Å². The molecular weight excluding hydrogens is 266 g/mol. The quantitative estimate of drug-likeness (QED) is 0.746. The molecule has 1 saturated heterocycles. The smallest absolute Gasteiger partial charge is 0.282 e. The van der Waals surface area contributed by atoms with E-state index in [0.717, 1.165) is 25.9 Å². The van der Waals surface area contributed by atoms with Gasteiger partial charge < -0.3 is 10.0 Å². The van der Waals surface area contributed by atoms with Crippen LogP contribution < -0.4 is 0 Å². The van der Waals surface area contributed by atoms with Crippen molar-refractivity contribution >= 4 is 10.2 Å². The molecule has 0 saturated carbocycles. The molecule has 6 nitrogen and oxygen atoms in total. The highest BCUT2D eigenvalue weighted by Gasteiger charge is 2.33. The second-order valence-corrected chi connectivity index (χ2v) is 7.18. The molecule has 1 rings (SSSR count). The van der Waals surface area contributed by atoms with Crippen molar-refractivity contribution in [2.75, 3.05) is 46.9 Å². The van der Waals surface area contributed by atoms with Crippen molar-refractivity contribution in [2.24, 2.45) is 0 Å². The Morgan fingerprint density at radius 2 is 2.05 bits per heavy atom. The lowest BCUT2D eigenvalue weighted by Crippen LogP contribution is -2.49. The summed E-state index contributed by atoms with van der Waals surface area (Å²) in [5.74, 6) is 0. The zero-order valence-electron chi connectivity index (χ0n) is 12.2. The third-order valence-corrected chi connectivity index (χ3v) is 5.68. The number of hydrogen-bond donors (Lipinski definition) is 1. The predicted molar refractivity (Wildman–Crippen MR) is 76.2 cm³/mol. The molecule has 1 heterocycles. The van der Waals surface area contributed by atoms with Crippen molar-refractivity contribution in [2.45, 2.75) is 32.2 Å². The molecule has 7 heteroatoms. The van der Waals surface area contributed by atoms with Crippen LogP contribution in [0.1, 0.15) is 26.2 Å². The molecule has 114 valence electrons. The van der Waals surface area contributed by atoms with E-state index >= 15 is 0 Å². The first-order valence-electron chi connectivity index (χ1n) is 6.96. The summed E-state index contributed by atoms with van der Waals surface area (Å²) in [4.78, 5) is 2.19. The molecule has 0 aromatic carbocycles. The summed E-state index contributed by atoms with van der Waals surface area (Å²) in [6.07, 6.45) is 2.15. The number of aliphatic hydroxyl groups excluding tert-OH is 1. The van der Waals surface area contributed by atoms with E-state index in [-0.39, 0.29) is 12.6 Å². The number of rotatable bonds is 6. The standard InChI is InChI=1S/C12H27N3O3S/c1-4-12-11-13(2)7-5-9-15(12)19(17,18)14(3)8-6-10-16/h12,16H,4-11H2,1-3H3. The number of likely N-dealkylation sites (N-methyl/N-ethyl adjacent to an activating group) is 1. The second-order valence-electron chi connectivity index (χ2n) is 5.20. The Labute approximate surface area is 117 Å². The summed E-state index contributed by atoms with van der Waals surface area (Å²) in [7, 11) is 0.212. The predicted octanol–water partition coefficient (Wildman–Crippen LogP) is -0.0385. The maximum atomic E-state index is 12.6. The van der Waals surface area contributed by atoms with Gasteiger partial charge in [-0.15, -0.1) is 0 Å². The van der Waals surface area contributed by atoms with E-state index in [0.29, 0.717) is 19.5 Å². The number of nitrogens with zero attached hydrogens (tertiary/aromatic N) is 3. The van der Waals surface area contributed by atoms with E-state index < -0.39 is 10.2 Å². The minimum Gasteiger partial charge on any atom is -0.396 e. The maximum Gasteiger partial charge on any atom is 0.282 e. The summed E-state index contributed by atoms with van der Waals surface area (Å²) in [6.45, 7) is 4.70. The molecule has 1 fully saturated rings. The molecule has 1 atom stereocenters. The molecule has 1 N–H and O–H groups in total. The average molecular weight is 293 g/mol. The number of hydrogen-bond acceptors (Lipinski definition) is 4. The van der Waals surface area contributed by atoms with Crippen LogP contribution in [0.5, 0.6) is 0 Å². The van der Waals surface area contributed by atoms with Crippen molar-refractivity contribution < 1.29 is 13.5 Å². The molecule has 0 spiro atoms. The van der Waals surface area contributed by atoms with Gasteiger partial charge in [-0.05, 0) is 32.9 Å². The highest BCUT2D eigenvalue weighted by molar-refractivity contribution is 7.86. The molecule has 0 aromatic heterocycles. The Balaban J connectivity index is 2.83. The summed E-state index contributed by atoms with van der Waals surface area (Å²) in [5, 5.41) is 8.83. The average Bonchev–Trinajstić information content (AvgIpc) is 2.57. The summed E-state index contributed by atoms with van der Waals surface area (Å²) < 4.78 is 28.1. The van der Waals surface area contributed by atoms with Gasteiger partial charge in [0.05, 0.1) is 0 Å². The fraction of sp³-hybridized carbons (Fsp3) is 1.00. The third kappa shape index (κ3) is 4.39. The van der Waals surface area contributed by atoms with Crippen LogP contribution in [-0.2, 0) is 10.2 Å². The molecule has 0 aromatic rings. The fourth-order valence-corrected chi connectivity index (χ4v) is 4.12. The Bertz CT molecular complexity index is 361. The van der Waals surface area contributed by atoms with Crippen molar-refractivity contribution in [3.05, 3.63) is 0 Å². The van der Waals surface area contributed by atoms with Gasteiger partial charge >= 0.3 is 0 Å². The van der Waals surface area contributed by atoms with E-state index in [1.807, 2.05) is 14.0 Å². The Morgan fingerprint density at radius 3 is 2.63 bits per heavy atom. The maximum absolute atomic E-state index is 12.6. The molecule has 1 aliphatic heterocycles. The molecule has 1 unspecified atom stereocenters. The fourth-order valence-electron chi connectivity index (χ4n) is 2.45. The van der Waals surface area contributed by atoms with Crippen molar-refractivity contribution in [1.82, 2.24) is 13.5 Å². The van der Waals surface area contributed by atoms with Crippen LogP contribution in [0.15, 0.2) is 0 Å². The van der Waals surface area contributed by atoms with Crippen LogP contribution >= 0.6 is 0 Å². The van der Waals surface area contributed by atoms with Gasteiger partial charge in [-0.1, -0.05) is 6.92 Å². The molecule has 0 radical (unpaired) electrons. The van der Waals surface area contributed by atoms with Gasteiger partial charge in [0.15, 0.2) is 0 Å². The zero-order valence-corrected chi connectivity index (χ0v) is 13.1. The molecule has 19 heavy (non-hydrogen) atoms. The first-order valence-corrected chi connectivity index (χ1v) is 8.35. The van der Waals surface area contributed by atoms with Gasteiger partial charge in [-0.25, -0.2) is 0 Å². The Morgan fingerprint density at radius 1 is 1.37 bits per heavy atom. The zero-order chi connectivity index (χ0) is 14.5. The monoisotopic (exact) mass is 293 g/mol.